The molecular weight excluding hydrogens is 244 g/mol. The van der Waals surface area contributed by atoms with Gasteiger partial charge in [-0.15, -0.1) is 0 Å². The molecule has 0 aliphatic rings. The zero-order chi connectivity index (χ0) is 13.7. The molecule has 2 heterocycles. The van der Waals surface area contributed by atoms with Crippen LogP contribution in [0.15, 0.2) is 27.5 Å². The minimum Gasteiger partial charge on any atom is -0.406 e. The van der Waals surface area contributed by atoms with Crippen molar-refractivity contribution in [2.24, 2.45) is 0 Å². The van der Waals surface area contributed by atoms with Gasteiger partial charge in [0.2, 0.25) is 0 Å². The summed E-state index contributed by atoms with van der Waals surface area (Å²) in [4.78, 5) is 18.0. The number of oxazole rings is 1. The summed E-state index contributed by atoms with van der Waals surface area (Å²) in [6.07, 6.45) is 2.75. The van der Waals surface area contributed by atoms with E-state index in [0.717, 1.165) is 26.1 Å². The summed E-state index contributed by atoms with van der Waals surface area (Å²) in [6, 6.07) is 3.51. The van der Waals surface area contributed by atoms with Gasteiger partial charge in [-0.3, -0.25) is 4.57 Å². The van der Waals surface area contributed by atoms with E-state index in [4.69, 9.17) is 4.42 Å². The zero-order valence-electron chi connectivity index (χ0n) is 11.4. The van der Waals surface area contributed by atoms with Crippen LogP contribution in [0.5, 0.6) is 0 Å². The first-order valence-corrected chi connectivity index (χ1v) is 6.48. The summed E-state index contributed by atoms with van der Waals surface area (Å²) in [5, 5.41) is 3.32. The van der Waals surface area contributed by atoms with Gasteiger partial charge in [-0.25, -0.2) is 9.78 Å². The van der Waals surface area contributed by atoms with Crippen LogP contribution < -0.4 is 11.1 Å². The molecule has 0 fully saturated rings. The molecule has 0 saturated heterocycles. The summed E-state index contributed by atoms with van der Waals surface area (Å²) in [7, 11) is 4.12. The highest BCUT2D eigenvalue weighted by atomic mass is 16.4. The average Bonchev–Trinajstić information content (AvgIpc) is 2.69. The summed E-state index contributed by atoms with van der Waals surface area (Å²) in [5.74, 6) is -0.344. The van der Waals surface area contributed by atoms with Crippen molar-refractivity contribution < 1.29 is 4.42 Å². The van der Waals surface area contributed by atoms with Crippen molar-refractivity contribution in [3.8, 4) is 0 Å². The number of pyridine rings is 1. The lowest BCUT2D eigenvalue weighted by atomic mass is 10.4. The third-order valence-corrected chi connectivity index (χ3v) is 2.90. The number of nitrogens with one attached hydrogen (secondary N) is 1. The molecule has 1 N–H and O–H groups in total. The topological polar surface area (TPSA) is 63.3 Å². The molecule has 0 atom stereocenters. The maximum atomic E-state index is 11.7. The van der Waals surface area contributed by atoms with Crippen molar-refractivity contribution in [1.29, 1.82) is 0 Å². The van der Waals surface area contributed by atoms with E-state index in [9.17, 15) is 4.79 Å². The van der Waals surface area contributed by atoms with E-state index in [1.54, 1.807) is 22.9 Å². The van der Waals surface area contributed by atoms with Gasteiger partial charge >= 0.3 is 5.76 Å². The second kappa shape index (κ2) is 6.49. The van der Waals surface area contributed by atoms with Crippen molar-refractivity contribution in [1.82, 2.24) is 19.8 Å². The van der Waals surface area contributed by atoms with Gasteiger partial charge < -0.3 is 14.6 Å². The first kappa shape index (κ1) is 13.8. The normalized spacial score (nSPS) is 11.5. The highest BCUT2D eigenvalue weighted by molar-refractivity contribution is 5.67. The van der Waals surface area contributed by atoms with Crippen molar-refractivity contribution in [3.05, 3.63) is 28.9 Å². The number of fused-ring (bicyclic) bond motifs is 1. The second-order valence-electron chi connectivity index (χ2n) is 4.75. The van der Waals surface area contributed by atoms with Gasteiger partial charge in [-0.2, -0.15) is 0 Å². The van der Waals surface area contributed by atoms with Crippen LogP contribution in [0.2, 0.25) is 0 Å². The third-order valence-electron chi connectivity index (χ3n) is 2.90. The standard InChI is InChI=1S/C13H20N4O2/c1-16(2)9-4-6-14-8-10-17-12-11(19-13(17)18)5-3-7-15-12/h3,5,7,14H,4,6,8-10H2,1-2H3. The van der Waals surface area contributed by atoms with Crippen LogP contribution in [-0.4, -0.2) is 48.2 Å². The Morgan fingerprint density at radius 1 is 1.42 bits per heavy atom. The van der Waals surface area contributed by atoms with E-state index < -0.39 is 0 Å². The van der Waals surface area contributed by atoms with Crippen LogP contribution in [0.25, 0.3) is 11.2 Å². The van der Waals surface area contributed by atoms with Gasteiger partial charge in [-0.1, -0.05) is 0 Å². The predicted molar refractivity (Wildman–Crippen MR) is 74.3 cm³/mol. The van der Waals surface area contributed by atoms with Gasteiger partial charge in [0.25, 0.3) is 0 Å². The van der Waals surface area contributed by atoms with Gasteiger partial charge in [0, 0.05) is 19.3 Å². The van der Waals surface area contributed by atoms with E-state index in [0.29, 0.717) is 17.8 Å². The molecule has 0 spiro atoms. The molecule has 6 nitrogen and oxygen atoms in total. The Morgan fingerprint density at radius 2 is 2.26 bits per heavy atom. The summed E-state index contributed by atoms with van der Waals surface area (Å²) in [6.45, 7) is 3.31. The molecule has 0 unspecified atom stereocenters. The smallest absolute Gasteiger partial charge is 0.406 e. The molecule has 19 heavy (non-hydrogen) atoms. The molecule has 2 rings (SSSR count). The van der Waals surface area contributed by atoms with E-state index in [1.165, 1.54) is 0 Å². The van der Waals surface area contributed by atoms with Gasteiger partial charge in [0.1, 0.15) is 0 Å². The van der Waals surface area contributed by atoms with Crippen molar-refractivity contribution >= 4 is 11.2 Å². The summed E-state index contributed by atoms with van der Waals surface area (Å²) in [5.41, 5.74) is 1.16. The lowest BCUT2D eigenvalue weighted by Crippen LogP contribution is -2.27. The van der Waals surface area contributed by atoms with Crippen LogP contribution in [0.1, 0.15) is 6.42 Å². The fourth-order valence-electron chi connectivity index (χ4n) is 1.93. The third kappa shape index (κ3) is 3.65. The molecule has 0 bridgehead atoms. The second-order valence-corrected chi connectivity index (χ2v) is 4.75. The van der Waals surface area contributed by atoms with Gasteiger partial charge in [0.05, 0.1) is 0 Å². The average molecular weight is 264 g/mol. The maximum Gasteiger partial charge on any atom is 0.421 e. The number of hydrogen-bond donors (Lipinski definition) is 1. The Kier molecular flexibility index (Phi) is 4.70. The minimum absolute atomic E-state index is 0.344. The molecule has 0 aliphatic heterocycles. The molecule has 6 heteroatoms. The van der Waals surface area contributed by atoms with Crippen LogP contribution in [0, 0.1) is 0 Å². The summed E-state index contributed by atoms with van der Waals surface area (Å²) < 4.78 is 6.68. The molecule has 0 saturated carbocycles. The first-order chi connectivity index (χ1) is 9.18. The monoisotopic (exact) mass is 264 g/mol. The number of hydrogen-bond acceptors (Lipinski definition) is 5. The molecule has 2 aromatic rings. The van der Waals surface area contributed by atoms with Crippen LogP contribution >= 0.6 is 0 Å². The number of rotatable bonds is 7. The minimum atomic E-state index is -0.344. The van der Waals surface area contributed by atoms with Crippen molar-refractivity contribution in [2.75, 3.05) is 33.7 Å². The molecule has 104 valence electrons. The van der Waals surface area contributed by atoms with Gasteiger partial charge in [0.15, 0.2) is 11.2 Å². The van der Waals surface area contributed by atoms with Crippen LogP contribution in [-0.2, 0) is 6.54 Å². The molecule has 2 aromatic heterocycles. The Morgan fingerprint density at radius 3 is 3.05 bits per heavy atom. The maximum absolute atomic E-state index is 11.7. The van der Waals surface area contributed by atoms with Crippen molar-refractivity contribution in [2.45, 2.75) is 13.0 Å². The Balaban J connectivity index is 1.85. The fraction of sp³-hybridized carbons (Fsp3) is 0.538. The SMILES string of the molecule is CN(C)CCCNCCn1c(=O)oc2cccnc21. The highest BCUT2D eigenvalue weighted by Crippen LogP contribution is 2.07. The molecule has 0 aliphatic carbocycles. The van der Waals surface area contributed by atoms with E-state index in [1.807, 2.05) is 0 Å². The Bertz CT molecular complexity index is 573. The van der Waals surface area contributed by atoms with E-state index in [2.05, 4.69) is 29.3 Å². The first-order valence-electron chi connectivity index (χ1n) is 6.48. The summed E-state index contributed by atoms with van der Waals surface area (Å²) >= 11 is 0. The molecular formula is C13H20N4O2. The number of nitrogens with zero attached hydrogens (tertiary/aromatic N) is 3. The van der Waals surface area contributed by atoms with Gasteiger partial charge in [-0.05, 0) is 45.7 Å². The van der Waals surface area contributed by atoms with E-state index >= 15 is 0 Å². The van der Waals surface area contributed by atoms with Crippen LogP contribution in [0.3, 0.4) is 0 Å². The number of aromatic nitrogens is 2. The van der Waals surface area contributed by atoms with Crippen molar-refractivity contribution in [3.63, 3.8) is 0 Å². The lowest BCUT2D eigenvalue weighted by molar-refractivity contribution is 0.392. The predicted octanol–water partition coefficient (Wildman–Crippen LogP) is 0.531. The zero-order valence-corrected chi connectivity index (χ0v) is 11.4. The quantitative estimate of drug-likeness (QED) is 0.739. The molecule has 0 amide bonds. The van der Waals surface area contributed by atoms with Crippen LogP contribution in [0.4, 0.5) is 0 Å². The van der Waals surface area contributed by atoms with E-state index in [-0.39, 0.29) is 5.76 Å². The molecule has 0 radical (unpaired) electrons. The highest BCUT2D eigenvalue weighted by Gasteiger charge is 2.08. The molecule has 0 aromatic carbocycles. The fourth-order valence-corrected chi connectivity index (χ4v) is 1.93. The Labute approximate surface area is 112 Å². The lowest BCUT2D eigenvalue weighted by Gasteiger charge is -2.09. The largest absolute Gasteiger partial charge is 0.421 e. The Hall–Kier alpha value is -1.66.